The van der Waals surface area contributed by atoms with E-state index in [-0.39, 0.29) is 12.5 Å². The van der Waals surface area contributed by atoms with Crippen LogP contribution in [0.2, 0.25) is 0 Å². The topological polar surface area (TPSA) is 94.1 Å². The minimum atomic E-state index is -1.04. The molecule has 1 aromatic rings. The second kappa shape index (κ2) is 9.36. The van der Waals surface area contributed by atoms with Crippen LogP contribution >= 0.6 is 0 Å². The number of nitrogens with one attached hydrogen (secondary N) is 2. The van der Waals surface area contributed by atoms with Crippen LogP contribution in [0.15, 0.2) is 24.3 Å². The zero-order valence-corrected chi connectivity index (χ0v) is 16.4. The average Bonchev–Trinajstić information content (AvgIpc) is 3.21. The monoisotopic (exact) mass is 390 g/mol. The quantitative estimate of drug-likeness (QED) is 0.677. The van der Waals surface area contributed by atoms with Crippen LogP contribution in [0.1, 0.15) is 30.1 Å². The van der Waals surface area contributed by atoms with Gasteiger partial charge in [-0.25, -0.2) is 4.79 Å². The minimum Gasteiger partial charge on any atom is -0.387 e. The molecule has 0 bridgehead atoms. The molecule has 0 aromatic heterocycles. The summed E-state index contributed by atoms with van der Waals surface area (Å²) in [5, 5.41) is 16.0. The van der Waals surface area contributed by atoms with Crippen molar-refractivity contribution in [2.24, 2.45) is 0 Å². The van der Waals surface area contributed by atoms with Gasteiger partial charge in [0.25, 0.3) is 5.91 Å². The van der Waals surface area contributed by atoms with Crippen LogP contribution < -0.4 is 10.6 Å². The summed E-state index contributed by atoms with van der Waals surface area (Å²) in [5.41, 5.74) is 0.0804. The summed E-state index contributed by atoms with van der Waals surface area (Å²) in [7, 11) is 0. The van der Waals surface area contributed by atoms with Crippen molar-refractivity contribution in [3.05, 3.63) is 29.8 Å². The van der Waals surface area contributed by atoms with E-state index in [4.69, 9.17) is 4.74 Å². The summed E-state index contributed by atoms with van der Waals surface area (Å²) in [4.78, 5) is 28.7. The molecule has 1 atom stereocenters. The summed E-state index contributed by atoms with van der Waals surface area (Å²) in [6.07, 6.45) is 2.08. The average molecular weight is 390 g/mol. The van der Waals surface area contributed by atoms with E-state index in [0.717, 1.165) is 39.0 Å². The SMILES string of the molecule is CC(O)(CNC(=O)Nc1cccc(C(=O)N2CCCC2)c1)CN1CCOCC1. The summed E-state index contributed by atoms with van der Waals surface area (Å²) in [6, 6.07) is 6.54. The van der Waals surface area contributed by atoms with E-state index in [2.05, 4.69) is 15.5 Å². The molecule has 3 amide bonds. The number of aliphatic hydroxyl groups is 1. The summed E-state index contributed by atoms with van der Waals surface area (Å²) in [6.45, 7) is 6.76. The zero-order chi connectivity index (χ0) is 20.0. The molecule has 154 valence electrons. The Kier molecular flexibility index (Phi) is 6.88. The molecule has 0 aliphatic carbocycles. The first-order valence-corrected chi connectivity index (χ1v) is 9.90. The molecule has 2 aliphatic heterocycles. The Bertz CT molecular complexity index is 683. The first kappa shape index (κ1) is 20.6. The number of β-amino-alcohol motifs (C(OH)–C–C–N with tert-alkyl or cyclic N) is 1. The number of amides is 3. The molecule has 1 unspecified atom stereocenters. The molecule has 3 N–H and O–H groups in total. The molecule has 2 saturated heterocycles. The van der Waals surface area contributed by atoms with Gasteiger partial charge in [0.15, 0.2) is 0 Å². The summed E-state index contributed by atoms with van der Waals surface area (Å²) < 4.78 is 5.31. The van der Waals surface area contributed by atoms with Crippen LogP contribution in [-0.4, -0.2) is 84.9 Å². The molecule has 8 heteroatoms. The summed E-state index contributed by atoms with van der Waals surface area (Å²) >= 11 is 0. The van der Waals surface area contributed by atoms with Crippen LogP contribution in [0.3, 0.4) is 0 Å². The fourth-order valence-corrected chi connectivity index (χ4v) is 3.58. The van der Waals surface area contributed by atoms with Crippen molar-refractivity contribution >= 4 is 17.6 Å². The van der Waals surface area contributed by atoms with Crippen LogP contribution in [0.25, 0.3) is 0 Å². The third kappa shape index (κ3) is 5.92. The highest BCUT2D eigenvalue weighted by atomic mass is 16.5. The van der Waals surface area contributed by atoms with Crippen LogP contribution in [0.4, 0.5) is 10.5 Å². The van der Waals surface area contributed by atoms with Crippen LogP contribution in [0.5, 0.6) is 0 Å². The number of hydrogen-bond donors (Lipinski definition) is 3. The van der Waals surface area contributed by atoms with E-state index in [1.165, 1.54) is 0 Å². The number of urea groups is 1. The van der Waals surface area contributed by atoms with E-state index in [1.807, 2.05) is 4.90 Å². The largest absolute Gasteiger partial charge is 0.387 e. The Morgan fingerprint density at radius 3 is 2.61 bits per heavy atom. The number of nitrogens with zero attached hydrogens (tertiary/aromatic N) is 2. The van der Waals surface area contributed by atoms with Gasteiger partial charge in [0.05, 0.1) is 18.8 Å². The van der Waals surface area contributed by atoms with E-state index in [0.29, 0.717) is 31.0 Å². The first-order valence-electron chi connectivity index (χ1n) is 9.90. The zero-order valence-electron chi connectivity index (χ0n) is 16.4. The lowest BCUT2D eigenvalue weighted by molar-refractivity contribution is -0.0205. The maximum Gasteiger partial charge on any atom is 0.319 e. The van der Waals surface area contributed by atoms with Crippen molar-refractivity contribution in [1.29, 1.82) is 0 Å². The van der Waals surface area contributed by atoms with Crippen molar-refractivity contribution in [3.63, 3.8) is 0 Å². The molecule has 2 aliphatic rings. The molecule has 3 rings (SSSR count). The van der Waals surface area contributed by atoms with Crippen molar-refractivity contribution < 1.29 is 19.4 Å². The van der Waals surface area contributed by atoms with Crippen molar-refractivity contribution in [3.8, 4) is 0 Å². The van der Waals surface area contributed by atoms with E-state index in [9.17, 15) is 14.7 Å². The number of likely N-dealkylation sites (tertiary alicyclic amines) is 1. The Labute approximate surface area is 165 Å². The van der Waals surface area contributed by atoms with Crippen LogP contribution in [-0.2, 0) is 4.74 Å². The van der Waals surface area contributed by atoms with Gasteiger partial charge in [-0.1, -0.05) is 6.07 Å². The number of carbonyl (C=O) groups is 2. The molecule has 2 heterocycles. The van der Waals surface area contributed by atoms with Gasteiger partial charge in [-0.2, -0.15) is 0 Å². The Hall–Kier alpha value is -2.16. The highest BCUT2D eigenvalue weighted by Gasteiger charge is 2.26. The Balaban J connectivity index is 1.48. The van der Waals surface area contributed by atoms with E-state index < -0.39 is 11.6 Å². The normalized spacial score (nSPS) is 19.9. The van der Waals surface area contributed by atoms with Crippen molar-refractivity contribution in [2.75, 3.05) is 57.8 Å². The maximum absolute atomic E-state index is 12.5. The molecule has 1 aromatic carbocycles. The predicted octanol–water partition coefficient (Wildman–Crippen LogP) is 1.13. The van der Waals surface area contributed by atoms with Gasteiger partial charge >= 0.3 is 6.03 Å². The van der Waals surface area contributed by atoms with Gasteiger partial charge in [0, 0.05) is 50.5 Å². The third-order valence-electron chi connectivity index (χ3n) is 5.06. The summed E-state index contributed by atoms with van der Waals surface area (Å²) in [5.74, 6) is -0.00463. The molecule has 28 heavy (non-hydrogen) atoms. The lowest BCUT2D eigenvalue weighted by Gasteiger charge is -2.33. The van der Waals surface area contributed by atoms with Crippen molar-refractivity contribution in [2.45, 2.75) is 25.4 Å². The predicted molar refractivity (Wildman–Crippen MR) is 106 cm³/mol. The molecule has 8 nitrogen and oxygen atoms in total. The maximum atomic E-state index is 12.5. The lowest BCUT2D eigenvalue weighted by Crippen LogP contribution is -2.51. The third-order valence-corrected chi connectivity index (χ3v) is 5.06. The molecule has 0 radical (unpaired) electrons. The van der Waals surface area contributed by atoms with Gasteiger partial charge in [-0.05, 0) is 38.0 Å². The molecule has 2 fully saturated rings. The molecule has 0 spiro atoms. The highest BCUT2D eigenvalue weighted by molar-refractivity contribution is 5.97. The fraction of sp³-hybridized carbons (Fsp3) is 0.600. The molecular weight excluding hydrogens is 360 g/mol. The highest BCUT2D eigenvalue weighted by Crippen LogP contribution is 2.16. The smallest absolute Gasteiger partial charge is 0.319 e. The first-order chi connectivity index (χ1) is 13.4. The second-order valence-corrected chi connectivity index (χ2v) is 7.77. The minimum absolute atomic E-state index is 0.00463. The van der Waals surface area contributed by atoms with Gasteiger partial charge in [-0.3, -0.25) is 9.69 Å². The van der Waals surface area contributed by atoms with Gasteiger partial charge in [-0.15, -0.1) is 0 Å². The molecular formula is C20H30N4O4. The number of morpholine rings is 1. The number of hydrogen-bond acceptors (Lipinski definition) is 5. The number of benzene rings is 1. The number of rotatable bonds is 6. The standard InChI is InChI=1S/C20H30N4O4/c1-20(27,15-23-9-11-28-12-10-23)14-21-19(26)22-17-6-4-5-16(13-17)18(25)24-7-2-3-8-24/h4-6,13,27H,2-3,7-12,14-15H2,1H3,(H2,21,22,26). The molecule has 0 saturated carbocycles. The van der Waals surface area contributed by atoms with Gasteiger partial charge < -0.3 is 25.4 Å². The van der Waals surface area contributed by atoms with Gasteiger partial charge in [0.1, 0.15) is 0 Å². The van der Waals surface area contributed by atoms with Crippen molar-refractivity contribution in [1.82, 2.24) is 15.1 Å². The number of carbonyl (C=O) groups excluding carboxylic acids is 2. The lowest BCUT2D eigenvalue weighted by atomic mass is 10.1. The second-order valence-electron chi connectivity index (χ2n) is 7.77. The Morgan fingerprint density at radius 1 is 1.18 bits per heavy atom. The number of ether oxygens (including phenoxy) is 1. The van der Waals surface area contributed by atoms with Crippen LogP contribution in [0, 0.1) is 0 Å². The number of anilines is 1. The van der Waals surface area contributed by atoms with Gasteiger partial charge in [0.2, 0.25) is 0 Å². The Morgan fingerprint density at radius 2 is 1.89 bits per heavy atom. The van der Waals surface area contributed by atoms with E-state index >= 15 is 0 Å². The fourth-order valence-electron chi connectivity index (χ4n) is 3.58. The van der Waals surface area contributed by atoms with E-state index in [1.54, 1.807) is 31.2 Å².